The molecule has 0 saturated heterocycles. The maximum absolute atomic E-state index is 11.2. The minimum absolute atomic E-state index is 0. The van der Waals surface area contributed by atoms with Crippen LogP contribution in [0.4, 0.5) is 0 Å². The molecule has 0 spiro atoms. The number of nitrogens with zero attached hydrogens (tertiary/aromatic N) is 2. The van der Waals surface area contributed by atoms with Gasteiger partial charge in [-0.2, -0.15) is 0 Å². The molecule has 0 fully saturated rings. The van der Waals surface area contributed by atoms with Gasteiger partial charge in [-0.3, -0.25) is 4.98 Å². The van der Waals surface area contributed by atoms with Crippen LogP contribution < -0.4 is 0 Å². The van der Waals surface area contributed by atoms with Crippen molar-refractivity contribution in [2.24, 2.45) is 0 Å². The van der Waals surface area contributed by atoms with Crippen LogP contribution in [0.1, 0.15) is 0 Å². The molecule has 0 saturated carbocycles. The third-order valence-electron chi connectivity index (χ3n) is 7.31. The number of aromatic nitrogens is 2. The zero-order valence-corrected chi connectivity index (χ0v) is 24.1. The van der Waals surface area contributed by atoms with Crippen LogP contribution in [0.25, 0.3) is 66.4 Å². The molecular weight excluding hydrogens is 687 g/mol. The van der Waals surface area contributed by atoms with E-state index < -0.39 is 0 Å². The Morgan fingerprint density at radius 1 is 0.488 bits per heavy atom. The summed E-state index contributed by atoms with van der Waals surface area (Å²) in [6, 6.07) is 41.1. The van der Waals surface area contributed by atoms with Gasteiger partial charge in [0.05, 0.1) is 16.7 Å². The van der Waals surface area contributed by atoms with Gasteiger partial charge >= 0.3 is 21.1 Å². The predicted molar refractivity (Wildman–Crippen MR) is 162 cm³/mol. The van der Waals surface area contributed by atoms with Crippen molar-refractivity contribution in [3.63, 3.8) is 0 Å². The number of phenols is 2. The van der Waals surface area contributed by atoms with Gasteiger partial charge in [-0.15, -0.1) is 0 Å². The second-order valence-electron chi connectivity index (χ2n) is 9.70. The summed E-state index contributed by atoms with van der Waals surface area (Å²) in [5.74, 6) is 0.249. The second-order valence-corrected chi connectivity index (χ2v) is 9.70. The third-order valence-corrected chi connectivity index (χ3v) is 7.31. The average molecular weight is 712 g/mol. The maximum atomic E-state index is 11.2. The van der Waals surface area contributed by atoms with E-state index in [1.54, 1.807) is 24.4 Å². The molecule has 0 aliphatic carbocycles. The van der Waals surface area contributed by atoms with E-state index in [2.05, 4.69) is 36.4 Å². The van der Waals surface area contributed by atoms with E-state index in [0.29, 0.717) is 16.8 Å². The Hall–Kier alpha value is -4.79. The van der Waals surface area contributed by atoms with Crippen LogP contribution in [0.15, 0.2) is 134 Å². The molecule has 2 N–H and O–H groups in total. The van der Waals surface area contributed by atoms with Crippen molar-refractivity contribution in [3.8, 4) is 56.1 Å². The van der Waals surface area contributed by atoms with Crippen LogP contribution in [-0.2, 0) is 21.1 Å². The summed E-state index contributed by atoms with van der Waals surface area (Å²) in [6.45, 7) is 0. The first-order valence-electron chi connectivity index (χ1n) is 13.1. The Labute approximate surface area is 251 Å². The predicted octanol–water partition coefficient (Wildman–Crippen LogP) is 8.86. The number of hydrogen-bond donors (Lipinski definition) is 2. The first-order chi connectivity index (χ1) is 19.7. The van der Waals surface area contributed by atoms with Gasteiger partial charge in [-0.25, -0.2) is 4.98 Å². The van der Waals surface area contributed by atoms with Gasteiger partial charge in [0.1, 0.15) is 11.5 Å². The Bertz CT molecular complexity index is 2030. The molecule has 0 atom stereocenters. The average Bonchev–Trinajstić information content (AvgIpc) is 3.01. The molecule has 2 heterocycles. The van der Waals surface area contributed by atoms with Gasteiger partial charge in [0.15, 0.2) is 0 Å². The van der Waals surface area contributed by atoms with Crippen molar-refractivity contribution in [2.45, 2.75) is 0 Å². The normalized spacial score (nSPS) is 10.9. The summed E-state index contributed by atoms with van der Waals surface area (Å²) < 4.78 is 0. The molecule has 7 rings (SSSR count). The number of fused-ring (bicyclic) bond motifs is 3. The summed E-state index contributed by atoms with van der Waals surface area (Å²) >= 11 is 0. The Kier molecular flexibility index (Phi) is 7.09. The van der Waals surface area contributed by atoms with Crippen molar-refractivity contribution in [2.75, 3.05) is 0 Å². The van der Waals surface area contributed by atoms with Crippen LogP contribution in [-0.4, -0.2) is 20.2 Å². The van der Waals surface area contributed by atoms with Crippen LogP contribution in [0.2, 0.25) is 0 Å². The number of rotatable bonds is 4. The Morgan fingerprint density at radius 3 is 1.73 bits per heavy atom. The van der Waals surface area contributed by atoms with Gasteiger partial charge < -0.3 is 10.2 Å². The number of para-hydroxylation sites is 2. The van der Waals surface area contributed by atoms with Gasteiger partial charge in [-0.1, -0.05) is 97.1 Å². The fraction of sp³-hybridized carbons (Fsp3) is 0. The van der Waals surface area contributed by atoms with E-state index in [1.807, 2.05) is 72.8 Å². The molecule has 41 heavy (non-hydrogen) atoms. The molecule has 7 aromatic rings. The van der Waals surface area contributed by atoms with Crippen molar-refractivity contribution in [1.82, 2.24) is 9.97 Å². The molecule has 198 valence electrons. The number of hydrogen-bond acceptors (Lipinski definition) is 4. The molecule has 0 aliphatic heterocycles. The number of benzene rings is 5. The van der Waals surface area contributed by atoms with Crippen molar-refractivity contribution in [1.29, 1.82) is 0 Å². The summed E-state index contributed by atoms with van der Waals surface area (Å²) in [4.78, 5) is 10.1. The molecule has 5 heteroatoms. The van der Waals surface area contributed by atoms with Crippen molar-refractivity contribution < 1.29 is 31.3 Å². The molecule has 4 nitrogen and oxygen atoms in total. The minimum Gasteiger partial charge on any atom is -0.507 e. The zero-order valence-electron chi connectivity index (χ0n) is 21.8. The largest absolute Gasteiger partial charge is 2.00 e. The summed E-state index contributed by atoms with van der Waals surface area (Å²) in [5.41, 5.74) is 7.98. The Balaban J connectivity index is 0.00000302. The molecule has 0 bridgehead atoms. The minimum atomic E-state index is 0. The zero-order chi connectivity index (χ0) is 27.1. The second kappa shape index (κ2) is 11.0. The summed E-state index contributed by atoms with van der Waals surface area (Å²) in [7, 11) is 0. The fourth-order valence-corrected chi connectivity index (χ4v) is 5.53. The molecule has 0 aliphatic rings. The van der Waals surface area contributed by atoms with Gasteiger partial charge in [-0.05, 0) is 47.0 Å². The van der Waals surface area contributed by atoms with Gasteiger partial charge in [0.25, 0.3) is 0 Å². The van der Waals surface area contributed by atoms with E-state index in [1.165, 1.54) is 0 Å². The third kappa shape index (κ3) is 4.57. The quantitative estimate of drug-likeness (QED) is 0.179. The van der Waals surface area contributed by atoms with E-state index in [-0.39, 0.29) is 32.6 Å². The monoisotopic (exact) mass is 711 g/mol. The molecule has 0 radical (unpaired) electrons. The van der Waals surface area contributed by atoms with Crippen LogP contribution >= 0.6 is 0 Å². The van der Waals surface area contributed by atoms with Gasteiger partial charge in [0.2, 0.25) is 0 Å². The SMILES string of the molecule is Oc1ccccc1-c1nc2c(c(-c3ccccc3)cc3cccnc32)c(-c2ccccc2)c1-c1ccccc1O.[Pt+2]. The Morgan fingerprint density at radius 2 is 1.07 bits per heavy atom. The topological polar surface area (TPSA) is 66.2 Å². The first kappa shape index (κ1) is 26.4. The van der Waals surface area contributed by atoms with E-state index in [4.69, 9.17) is 9.97 Å². The smallest absolute Gasteiger partial charge is 0.507 e. The standard InChI is InChI=1S/C36H24N2O2.Pt/c39-29-19-9-7-17-26(29)32-31(24-14-5-2-6-15-24)33-28(23-12-3-1-4-13-23)22-25-16-11-21-37-34(25)36(33)38-35(32)27-18-8-10-20-30(27)40;/h1-22,39-40H;/q;+2. The number of aromatic hydroxyl groups is 2. The van der Waals surface area contributed by atoms with E-state index >= 15 is 0 Å². The van der Waals surface area contributed by atoms with Crippen molar-refractivity contribution in [3.05, 3.63) is 134 Å². The van der Waals surface area contributed by atoms with Crippen LogP contribution in [0, 0.1) is 0 Å². The summed E-state index contributed by atoms with van der Waals surface area (Å²) in [6.07, 6.45) is 1.78. The van der Waals surface area contributed by atoms with E-state index in [0.717, 1.165) is 49.6 Å². The number of phenolic OH excluding ortho intramolecular Hbond substituents is 2. The first-order valence-corrected chi connectivity index (χ1v) is 13.1. The maximum Gasteiger partial charge on any atom is 2.00 e. The van der Waals surface area contributed by atoms with Crippen molar-refractivity contribution >= 4 is 21.8 Å². The molecule has 0 unspecified atom stereocenters. The van der Waals surface area contributed by atoms with Crippen LogP contribution in [0.3, 0.4) is 0 Å². The van der Waals surface area contributed by atoms with Gasteiger partial charge in [0, 0.05) is 39.2 Å². The molecule has 0 amide bonds. The molecule has 5 aromatic carbocycles. The van der Waals surface area contributed by atoms with E-state index in [9.17, 15) is 10.2 Å². The molecule has 2 aromatic heterocycles. The number of pyridine rings is 2. The molecular formula is C36H24N2O2Pt+2. The van der Waals surface area contributed by atoms with Crippen LogP contribution in [0.5, 0.6) is 11.5 Å². The summed E-state index contributed by atoms with van der Waals surface area (Å²) in [5, 5.41) is 24.2. The fourth-order valence-electron chi connectivity index (χ4n) is 5.53.